The molecule has 1 saturated heterocycles. The summed E-state index contributed by atoms with van der Waals surface area (Å²) < 4.78 is 6.28. The van der Waals surface area contributed by atoms with Gasteiger partial charge in [-0.3, -0.25) is 4.79 Å². The van der Waals surface area contributed by atoms with Crippen molar-refractivity contribution in [3.63, 3.8) is 0 Å². The number of ether oxygens (including phenoxy) is 1. The Morgan fingerprint density at radius 3 is 2.67 bits per heavy atom. The van der Waals surface area contributed by atoms with Crippen molar-refractivity contribution in [3.8, 4) is 5.19 Å². The molecule has 1 aliphatic heterocycles. The number of hydrogen-bond donors (Lipinski definition) is 0. The van der Waals surface area contributed by atoms with E-state index in [1.165, 1.54) is 29.5 Å². The Morgan fingerprint density at radius 1 is 1.38 bits per heavy atom. The normalized spacial score (nSPS) is 22.6. The fourth-order valence-electron chi connectivity index (χ4n) is 2.62. The molecule has 2 heterocycles. The van der Waals surface area contributed by atoms with Gasteiger partial charge in [-0.1, -0.05) is 16.9 Å². The predicted molar refractivity (Wildman–Crippen MR) is 86.0 cm³/mol. The Morgan fingerprint density at radius 2 is 2.05 bits per heavy atom. The molecule has 5 nitrogen and oxygen atoms in total. The van der Waals surface area contributed by atoms with Crippen molar-refractivity contribution in [1.29, 1.82) is 0 Å². The lowest BCUT2D eigenvalue weighted by atomic mass is 9.98. The second kappa shape index (κ2) is 7.45. The zero-order valence-electron chi connectivity index (χ0n) is 13.0. The van der Waals surface area contributed by atoms with Crippen molar-refractivity contribution in [1.82, 2.24) is 15.1 Å². The van der Waals surface area contributed by atoms with Gasteiger partial charge in [0.1, 0.15) is 0 Å². The fourth-order valence-corrected chi connectivity index (χ4v) is 4.29. The average Bonchev–Trinajstić information content (AvgIpc) is 2.83. The molecular formula is C14H23N3O2S2. The minimum atomic E-state index is 0.0903. The SMILES string of the molecule is CC(C)Oc1nnc(SCC(=O)N2C(C)CCCC2C)s1. The number of likely N-dealkylation sites (tertiary alicyclic amines) is 1. The smallest absolute Gasteiger partial charge is 0.295 e. The van der Waals surface area contributed by atoms with E-state index in [4.69, 9.17) is 4.74 Å². The van der Waals surface area contributed by atoms with E-state index in [1.807, 2.05) is 18.7 Å². The lowest BCUT2D eigenvalue weighted by molar-refractivity contribution is -0.134. The van der Waals surface area contributed by atoms with Crippen molar-refractivity contribution in [2.75, 3.05) is 5.75 Å². The van der Waals surface area contributed by atoms with Gasteiger partial charge in [0.05, 0.1) is 11.9 Å². The molecule has 0 aliphatic carbocycles. The van der Waals surface area contributed by atoms with Gasteiger partial charge in [0.25, 0.3) is 5.19 Å². The minimum absolute atomic E-state index is 0.0903. The summed E-state index contributed by atoms with van der Waals surface area (Å²) in [5.74, 6) is 0.617. The van der Waals surface area contributed by atoms with E-state index in [0.29, 0.717) is 23.0 Å². The molecule has 0 aromatic carbocycles. The maximum Gasteiger partial charge on any atom is 0.295 e. The first-order valence-electron chi connectivity index (χ1n) is 7.41. The minimum Gasteiger partial charge on any atom is -0.466 e. The maximum absolute atomic E-state index is 12.4. The number of carbonyl (C=O) groups is 1. The number of carbonyl (C=O) groups excluding carboxylic acids is 1. The standard InChI is InChI=1S/C14H23N3O2S2/c1-9(2)19-13-15-16-14(21-13)20-8-12(18)17-10(3)6-5-7-11(17)4/h9-11H,5-8H2,1-4H3. The third-order valence-corrected chi connectivity index (χ3v) is 5.46. The van der Waals surface area contributed by atoms with E-state index in [9.17, 15) is 4.79 Å². The van der Waals surface area contributed by atoms with E-state index in [1.54, 1.807) is 0 Å². The molecule has 0 spiro atoms. The first-order chi connectivity index (χ1) is 9.97. The highest BCUT2D eigenvalue weighted by Gasteiger charge is 2.28. The fraction of sp³-hybridized carbons (Fsp3) is 0.786. The molecule has 1 fully saturated rings. The van der Waals surface area contributed by atoms with Gasteiger partial charge in [-0.2, -0.15) is 0 Å². The van der Waals surface area contributed by atoms with Crippen LogP contribution in [0.1, 0.15) is 47.0 Å². The summed E-state index contributed by atoms with van der Waals surface area (Å²) >= 11 is 2.85. The average molecular weight is 329 g/mol. The molecule has 1 amide bonds. The Balaban J connectivity index is 1.87. The first-order valence-corrected chi connectivity index (χ1v) is 9.21. The van der Waals surface area contributed by atoms with E-state index in [0.717, 1.165) is 17.2 Å². The molecule has 21 heavy (non-hydrogen) atoms. The van der Waals surface area contributed by atoms with Crippen LogP contribution in [0.15, 0.2) is 4.34 Å². The van der Waals surface area contributed by atoms with Crippen LogP contribution in [0.2, 0.25) is 0 Å². The maximum atomic E-state index is 12.4. The highest BCUT2D eigenvalue weighted by atomic mass is 32.2. The predicted octanol–water partition coefficient (Wildman–Crippen LogP) is 3.21. The van der Waals surface area contributed by atoms with Crippen LogP contribution in [0.3, 0.4) is 0 Å². The second-order valence-electron chi connectivity index (χ2n) is 5.72. The summed E-state index contributed by atoms with van der Waals surface area (Å²) in [7, 11) is 0. The molecule has 0 radical (unpaired) electrons. The van der Waals surface area contributed by atoms with Gasteiger partial charge >= 0.3 is 0 Å². The number of aromatic nitrogens is 2. The summed E-state index contributed by atoms with van der Waals surface area (Å²) in [6.45, 7) is 8.18. The van der Waals surface area contributed by atoms with E-state index >= 15 is 0 Å². The van der Waals surface area contributed by atoms with Crippen LogP contribution in [-0.4, -0.2) is 44.9 Å². The van der Waals surface area contributed by atoms with E-state index < -0.39 is 0 Å². The van der Waals surface area contributed by atoms with Crippen LogP contribution in [0.5, 0.6) is 5.19 Å². The van der Waals surface area contributed by atoms with Crippen LogP contribution in [0, 0.1) is 0 Å². The topological polar surface area (TPSA) is 55.3 Å². The first kappa shape index (κ1) is 16.5. The molecule has 1 aromatic rings. The van der Waals surface area contributed by atoms with Gasteiger partial charge in [-0.05, 0) is 58.3 Å². The Hall–Kier alpha value is -0.820. The molecule has 2 atom stereocenters. The molecule has 118 valence electrons. The summed E-state index contributed by atoms with van der Waals surface area (Å²) in [6.07, 6.45) is 3.51. The number of hydrogen-bond acceptors (Lipinski definition) is 6. The summed E-state index contributed by atoms with van der Waals surface area (Å²) in [5, 5.41) is 8.61. The number of amides is 1. The van der Waals surface area contributed by atoms with E-state index in [-0.39, 0.29) is 12.0 Å². The van der Waals surface area contributed by atoms with Crippen molar-refractivity contribution >= 4 is 29.0 Å². The molecule has 0 bridgehead atoms. The molecular weight excluding hydrogens is 306 g/mol. The number of thioether (sulfide) groups is 1. The van der Waals surface area contributed by atoms with Gasteiger partial charge in [0.2, 0.25) is 5.91 Å². The van der Waals surface area contributed by atoms with Crippen molar-refractivity contribution in [2.24, 2.45) is 0 Å². The number of piperidine rings is 1. The molecule has 2 rings (SSSR count). The summed E-state index contributed by atoms with van der Waals surface area (Å²) in [6, 6.07) is 0.687. The highest BCUT2D eigenvalue weighted by Crippen LogP contribution is 2.29. The quantitative estimate of drug-likeness (QED) is 0.777. The van der Waals surface area contributed by atoms with Crippen LogP contribution in [0.25, 0.3) is 0 Å². The molecule has 0 saturated carbocycles. The van der Waals surface area contributed by atoms with Gasteiger partial charge < -0.3 is 9.64 Å². The molecule has 1 aliphatic rings. The second-order valence-corrected chi connectivity index (χ2v) is 7.88. The zero-order valence-corrected chi connectivity index (χ0v) is 14.7. The largest absolute Gasteiger partial charge is 0.466 e. The molecule has 7 heteroatoms. The van der Waals surface area contributed by atoms with Crippen LogP contribution in [0.4, 0.5) is 0 Å². The monoisotopic (exact) mass is 329 g/mol. The highest BCUT2D eigenvalue weighted by molar-refractivity contribution is 8.01. The lowest BCUT2D eigenvalue weighted by Gasteiger charge is -2.39. The number of rotatable bonds is 5. The van der Waals surface area contributed by atoms with Gasteiger partial charge in [-0.15, -0.1) is 5.10 Å². The van der Waals surface area contributed by atoms with Crippen LogP contribution >= 0.6 is 23.1 Å². The Bertz CT molecular complexity index is 469. The van der Waals surface area contributed by atoms with Crippen LogP contribution in [-0.2, 0) is 4.79 Å². The Kier molecular flexibility index (Phi) is 5.87. The van der Waals surface area contributed by atoms with Crippen molar-refractivity contribution < 1.29 is 9.53 Å². The van der Waals surface area contributed by atoms with E-state index in [2.05, 4.69) is 24.0 Å². The van der Waals surface area contributed by atoms with Crippen LogP contribution < -0.4 is 4.74 Å². The number of nitrogens with zero attached hydrogens (tertiary/aromatic N) is 3. The third-order valence-electron chi connectivity index (χ3n) is 3.53. The molecule has 0 N–H and O–H groups in total. The summed E-state index contributed by atoms with van der Waals surface area (Å²) in [5.41, 5.74) is 0. The molecule has 2 unspecified atom stereocenters. The van der Waals surface area contributed by atoms with Crippen molar-refractivity contribution in [2.45, 2.75) is 69.5 Å². The van der Waals surface area contributed by atoms with Gasteiger partial charge in [-0.25, -0.2) is 0 Å². The zero-order chi connectivity index (χ0) is 15.4. The molecule has 1 aromatic heterocycles. The summed E-state index contributed by atoms with van der Waals surface area (Å²) in [4.78, 5) is 14.4. The third kappa shape index (κ3) is 4.57. The Labute approximate surface area is 134 Å². The lowest BCUT2D eigenvalue weighted by Crippen LogP contribution is -2.48. The van der Waals surface area contributed by atoms with Crippen molar-refractivity contribution in [3.05, 3.63) is 0 Å². The van der Waals surface area contributed by atoms with Gasteiger partial charge in [0.15, 0.2) is 4.34 Å². The van der Waals surface area contributed by atoms with Gasteiger partial charge in [0, 0.05) is 12.1 Å².